The number of benzene rings is 1. The SMILES string of the molecule is Cc1cc(NC(=O)C2CCN(C(=O)C3(c4cccc(F)c4)CCC3)CC2)no1. The zero-order chi connectivity index (χ0) is 19.7. The largest absolute Gasteiger partial charge is 0.360 e. The number of halogens is 1. The number of likely N-dealkylation sites (tertiary alicyclic amines) is 1. The molecule has 0 bridgehead atoms. The average Bonchev–Trinajstić information content (AvgIpc) is 3.05. The fourth-order valence-electron chi connectivity index (χ4n) is 4.24. The van der Waals surface area contributed by atoms with Crippen molar-refractivity contribution in [3.8, 4) is 0 Å². The number of aromatic nitrogens is 1. The number of anilines is 1. The maximum atomic E-state index is 13.7. The van der Waals surface area contributed by atoms with E-state index in [4.69, 9.17) is 4.52 Å². The van der Waals surface area contributed by atoms with Crippen molar-refractivity contribution < 1.29 is 18.5 Å². The first-order valence-corrected chi connectivity index (χ1v) is 9.77. The van der Waals surface area contributed by atoms with Crippen LogP contribution in [0.1, 0.15) is 43.4 Å². The third-order valence-corrected chi connectivity index (χ3v) is 6.03. The molecule has 1 saturated carbocycles. The summed E-state index contributed by atoms with van der Waals surface area (Å²) in [5, 5.41) is 6.56. The number of nitrogens with zero attached hydrogens (tertiary/aromatic N) is 2. The number of hydrogen-bond acceptors (Lipinski definition) is 4. The molecular weight excluding hydrogens is 361 g/mol. The van der Waals surface area contributed by atoms with Crippen molar-refractivity contribution in [2.45, 2.75) is 44.4 Å². The third kappa shape index (κ3) is 3.41. The van der Waals surface area contributed by atoms with Gasteiger partial charge in [-0.15, -0.1) is 0 Å². The average molecular weight is 385 g/mol. The topological polar surface area (TPSA) is 75.4 Å². The van der Waals surface area contributed by atoms with Crippen LogP contribution < -0.4 is 5.32 Å². The zero-order valence-corrected chi connectivity index (χ0v) is 15.9. The molecule has 0 unspecified atom stereocenters. The minimum Gasteiger partial charge on any atom is -0.360 e. The second-order valence-corrected chi connectivity index (χ2v) is 7.82. The lowest BCUT2D eigenvalue weighted by Gasteiger charge is -2.45. The van der Waals surface area contributed by atoms with Crippen molar-refractivity contribution in [1.29, 1.82) is 0 Å². The zero-order valence-electron chi connectivity index (χ0n) is 15.9. The van der Waals surface area contributed by atoms with Crippen LogP contribution in [0.2, 0.25) is 0 Å². The van der Waals surface area contributed by atoms with Crippen LogP contribution in [0.15, 0.2) is 34.9 Å². The highest BCUT2D eigenvalue weighted by atomic mass is 19.1. The highest BCUT2D eigenvalue weighted by Crippen LogP contribution is 2.45. The van der Waals surface area contributed by atoms with Gasteiger partial charge in [0.25, 0.3) is 0 Å². The van der Waals surface area contributed by atoms with E-state index in [-0.39, 0.29) is 23.5 Å². The highest BCUT2D eigenvalue weighted by molar-refractivity contribution is 5.92. The fourth-order valence-corrected chi connectivity index (χ4v) is 4.24. The molecule has 28 heavy (non-hydrogen) atoms. The molecule has 2 aliphatic rings. The first-order chi connectivity index (χ1) is 13.5. The summed E-state index contributed by atoms with van der Waals surface area (Å²) in [6.45, 7) is 2.83. The number of piperidine rings is 1. The molecule has 2 heterocycles. The summed E-state index contributed by atoms with van der Waals surface area (Å²) in [6.07, 6.45) is 3.68. The molecule has 4 rings (SSSR count). The van der Waals surface area contributed by atoms with Crippen LogP contribution in [0.3, 0.4) is 0 Å². The van der Waals surface area contributed by atoms with Crippen LogP contribution in [0.5, 0.6) is 0 Å². The summed E-state index contributed by atoms with van der Waals surface area (Å²) in [6, 6.07) is 8.08. The van der Waals surface area contributed by atoms with Crippen LogP contribution in [0, 0.1) is 18.7 Å². The van der Waals surface area contributed by atoms with Gasteiger partial charge in [0.2, 0.25) is 11.8 Å². The molecule has 2 aromatic rings. The first-order valence-electron chi connectivity index (χ1n) is 9.77. The Morgan fingerprint density at radius 2 is 2.00 bits per heavy atom. The Bertz CT molecular complexity index is 883. The van der Waals surface area contributed by atoms with E-state index in [9.17, 15) is 14.0 Å². The molecular formula is C21H24FN3O3. The predicted molar refractivity (Wildman–Crippen MR) is 101 cm³/mol. The van der Waals surface area contributed by atoms with Gasteiger partial charge in [0.05, 0.1) is 5.41 Å². The molecule has 2 amide bonds. The Morgan fingerprint density at radius 1 is 1.25 bits per heavy atom. The summed E-state index contributed by atoms with van der Waals surface area (Å²) < 4.78 is 18.7. The minimum atomic E-state index is -0.602. The lowest BCUT2D eigenvalue weighted by Crippen LogP contribution is -2.53. The molecule has 1 aromatic heterocycles. The van der Waals surface area contributed by atoms with E-state index < -0.39 is 5.41 Å². The minimum absolute atomic E-state index is 0.0651. The number of aryl methyl sites for hydroxylation is 1. The van der Waals surface area contributed by atoms with E-state index in [0.717, 1.165) is 24.8 Å². The van der Waals surface area contributed by atoms with Crippen LogP contribution >= 0.6 is 0 Å². The predicted octanol–water partition coefficient (Wildman–Crippen LogP) is 3.42. The molecule has 1 aromatic carbocycles. The normalized spacial score (nSPS) is 19.1. The molecule has 1 N–H and O–H groups in total. The van der Waals surface area contributed by atoms with Crippen molar-refractivity contribution in [3.05, 3.63) is 47.5 Å². The van der Waals surface area contributed by atoms with Gasteiger partial charge in [0, 0.05) is 25.1 Å². The van der Waals surface area contributed by atoms with Gasteiger partial charge in [0.1, 0.15) is 11.6 Å². The van der Waals surface area contributed by atoms with Crippen LogP contribution in [-0.4, -0.2) is 35.0 Å². The molecule has 0 atom stereocenters. The summed E-state index contributed by atoms with van der Waals surface area (Å²) in [5.74, 6) is 0.557. The van der Waals surface area contributed by atoms with Gasteiger partial charge in [-0.2, -0.15) is 0 Å². The van der Waals surface area contributed by atoms with Crippen molar-refractivity contribution in [1.82, 2.24) is 10.1 Å². The van der Waals surface area contributed by atoms with Crippen molar-refractivity contribution in [3.63, 3.8) is 0 Å². The number of rotatable bonds is 4. The Kier molecular flexibility index (Phi) is 4.91. The smallest absolute Gasteiger partial charge is 0.233 e. The molecule has 6 nitrogen and oxygen atoms in total. The first kappa shape index (κ1) is 18.7. The monoisotopic (exact) mass is 385 g/mol. The lowest BCUT2D eigenvalue weighted by atomic mass is 9.63. The maximum Gasteiger partial charge on any atom is 0.233 e. The molecule has 1 aliphatic carbocycles. The van der Waals surface area contributed by atoms with Gasteiger partial charge in [-0.25, -0.2) is 4.39 Å². The Balaban J connectivity index is 1.39. The lowest BCUT2D eigenvalue weighted by molar-refractivity contribution is -0.143. The number of nitrogens with one attached hydrogen (secondary N) is 1. The van der Waals surface area contributed by atoms with Crippen molar-refractivity contribution in [2.75, 3.05) is 18.4 Å². The van der Waals surface area contributed by atoms with Gasteiger partial charge in [-0.3, -0.25) is 9.59 Å². The molecule has 1 aliphatic heterocycles. The Hall–Kier alpha value is -2.70. The summed E-state index contributed by atoms with van der Waals surface area (Å²) >= 11 is 0. The third-order valence-electron chi connectivity index (χ3n) is 6.03. The maximum absolute atomic E-state index is 13.7. The molecule has 2 fully saturated rings. The quantitative estimate of drug-likeness (QED) is 0.875. The molecule has 148 valence electrons. The van der Waals surface area contributed by atoms with Gasteiger partial charge >= 0.3 is 0 Å². The van der Waals surface area contributed by atoms with Gasteiger partial charge in [0.15, 0.2) is 5.82 Å². The number of carbonyl (C=O) groups excluding carboxylic acids is 2. The van der Waals surface area contributed by atoms with Crippen LogP contribution in [0.25, 0.3) is 0 Å². The number of hydrogen-bond donors (Lipinski definition) is 1. The van der Waals surface area contributed by atoms with Gasteiger partial charge < -0.3 is 14.7 Å². The second kappa shape index (κ2) is 7.37. The van der Waals surface area contributed by atoms with Crippen LogP contribution in [-0.2, 0) is 15.0 Å². The van der Waals surface area contributed by atoms with E-state index >= 15 is 0 Å². The van der Waals surface area contributed by atoms with E-state index in [1.54, 1.807) is 19.1 Å². The standard InChI is InChI=1S/C21H24FN3O3/c1-14-12-18(24-28-14)23-19(26)15-6-10-25(11-7-15)20(27)21(8-3-9-21)16-4-2-5-17(22)13-16/h2,4-5,12-13,15H,3,6-11H2,1H3,(H,23,24,26). The number of amides is 2. The van der Waals surface area contributed by atoms with E-state index in [2.05, 4.69) is 10.5 Å². The van der Waals surface area contributed by atoms with Gasteiger partial charge in [-0.05, 0) is 50.3 Å². The van der Waals surface area contributed by atoms with E-state index in [0.29, 0.717) is 37.5 Å². The summed E-state index contributed by atoms with van der Waals surface area (Å²) in [7, 11) is 0. The van der Waals surface area contributed by atoms with E-state index in [1.807, 2.05) is 11.0 Å². The Morgan fingerprint density at radius 3 is 2.57 bits per heavy atom. The molecule has 0 radical (unpaired) electrons. The summed E-state index contributed by atoms with van der Waals surface area (Å²) in [5.41, 5.74) is 0.167. The van der Waals surface area contributed by atoms with Gasteiger partial charge in [-0.1, -0.05) is 23.7 Å². The molecule has 1 saturated heterocycles. The van der Waals surface area contributed by atoms with Crippen LogP contribution in [0.4, 0.5) is 10.2 Å². The highest BCUT2D eigenvalue weighted by Gasteiger charge is 2.48. The summed E-state index contributed by atoms with van der Waals surface area (Å²) in [4.78, 5) is 27.5. The molecule has 0 spiro atoms. The Labute approximate surface area is 163 Å². The fraction of sp³-hybridized carbons (Fsp3) is 0.476. The van der Waals surface area contributed by atoms with Crippen molar-refractivity contribution >= 4 is 17.6 Å². The second-order valence-electron chi connectivity index (χ2n) is 7.82. The van der Waals surface area contributed by atoms with Crippen molar-refractivity contribution in [2.24, 2.45) is 5.92 Å². The molecule has 7 heteroatoms. The van der Waals surface area contributed by atoms with E-state index in [1.165, 1.54) is 12.1 Å². The number of carbonyl (C=O) groups is 2.